The van der Waals surface area contributed by atoms with E-state index in [0.29, 0.717) is 0 Å². The van der Waals surface area contributed by atoms with E-state index in [4.69, 9.17) is 4.74 Å². The second-order valence-electron chi connectivity index (χ2n) is 5.53. The minimum atomic E-state index is 0.0774. The van der Waals surface area contributed by atoms with Crippen molar-refractivity contribution in [2.45, 2.75) is 39.8 Å². The van der Waals surface area contributed by atoms with Crippen LogP contribution in [0.25, 0.3) is 0 Å². The molecule has 0 bridgehead atoms. The number of aromatic nitrogens is 2. The zero-order valence-electron chi connectivity index (χ0n) is 13.3. The molecule has 0 saturated heterocycles. The molecule has 1 unspecified atom stereocenters. The summed E-state index contributed by atoms with van der Waals surface area (Å²) in [7, 11) is 1.95. The zero-order chi connectivity index (χ0) is 15.4. The van der Waals surface area contributed by atoms with E-state index in [-0.39, 0.29) is 12.1 Å². The van der Waals surface area contributed by atoms with Gasteiger partial charge in [0.15, 0.2) is 0 Å². The minimum Gasteiger partial charge on any atom is -0.489 e. The van der Waals surface area contributed by atoms with Gasteiger partial charge in [0.05, 0.1) is 18.3 Å². The fourth-order valence-electron chi connectivity index (χ4n) is 2.49. The molecule has 2 aromatic heterocycles. The summed E-state index contributed by atoms with van der Waals surface area (Å²) >= 11 is 0. The summed E-state index contributed by atoms with van der Waals surface area (Å²) in [5, 5.41) is 3.35. The van der Waals surface area contributed by atoms with Gasteiger partial charge in [0, 0.05) is 17.6 Å². The lowest BCUT2D eigenvalue weighted by molar-refractivity contribution is 0.241. The molecule has 4 nitrogen and oxygen atoms in total. The minimum absolute atomic E-state index is 0.0774. The maximum absolute atomic E-state index is 5.73. The predicted octanol–water partition coefficient (Wildman–Crippen LogP) is 3.19. The standard InChI is InChI=1S/C17H23N3O/c1-11(2)21-16-8-15(9-19-10-16)17(18-5)14-6-12(3)20-13(4)7-14/h6-11,17-18H,1-5H3. The van der Waals surface area contributed by atoms with Crippen LogP contribution in [-0.2, 0) is 0 Å². The summed E-state index contributed by atoms with van der Waals surface area (Å²) in [6.45, 7) is 8.05. The van der Waals surface area contributed by atoms with E-state index in [0.717, 1.165) is 22.7 Å². The average Bonchev–Trinajstić information content (AvgIpc) is 2.38. The van der Waals surface area contributed by atoms with Gasteiger partial charge in [-0.25, -0.2) is 0 Å². The number of ether oxygens (including phenoxy) is 1. The van der Waals surface area contributed by atoms with E-state index in [1.54, 1.807) is 6.20 Å². The smallest absolute Gasteiger partial charge is 0.138 e. The number of rotatable bonds is 5. The van der Waals surface area contributed by atoms with Gasteiger partial charge >= 0.3 is 0 Å². The second kappa shape index (κ2) is 6.68. The van der Waals surface area contributed by atoms with E-state index in [1.807, 2.05) is 47.0 Å². The molecule has 4 heteroatoms. The van der Waals surface area contributed by atoms with Crippen LogP contribution in [0, 0.1) is 13.8 Å². The first-order valence-electron chi connectivity index (χ1n) is 7.23. The van der Waals surface area contributed by atoms with Gasteiger partial charge < -0.3 is 10.1 Å². The monoisotopic (exact) mass is 285 g/mol. The Bertz CT molecular complexity index is 590. The van der Waals surface area contributed by atoms with Crippen molar-refractivity contribution in [2.75, 3.05) is 7.05 Å². The fourth-order valence-corrected chi connectivity index (χ4v) is 2.49. The number of pyridine rings is 2. The van der Waals surface area contributed by atoms with E-state index < -0.39 is 0 Å². The molecule has 1 atom stereocenters. The van der Waals surface area contributed by atoms with Gasteiger partial charge in [-0.05, 0) is 64.1 Å². The SMILES string of the molecule is CNC(c1cncc(OC(C)C)c1)c1cc(C)nc(C)c1. The molecule has 2 aromatic rings. The molecule has 0 amide bonds. The Morgan fingerprint density at radius 2 is 1.67 bits per heavy atom. The molecule has 0 aliphatic carbocycles. The van der Waals surface area contributed by atoms with Gasteiger partial charge in [-0.15, -0.1) is 0 Å². The third kappa shape index (κ3) is 4.02. The first kappa shape index (κ1) is 15.4. The largest absolute Gasteiger partial charge is 0.489 e. The number of hydrogen-bond acceptors (Lipinski definition) is 4. The maximum Gasteiger partial charge on any atom is 0.138 e. The lowest BCUT2D eigenvalue weighted by atomic mass is 9.99. The van der Waals surface area contributed by atoms with Crippen LogP contribution in [0.4, 0.5) is 0 Å². The number of nitrogens with zero attached hydrogens (tertiary/aromatic N) is 2. The van der Waals surface area contributed by atoms with Gasteiger partial charge in [0.25, 0.3) is 0 Å². The topological polar surface area (TPSA) is 47.0 Å². The third-order valence-electron chi connectivity index (χ3n) is 3.17. The highest BCUT2D eigenvalue weighted by Crippen LogP contribution is 2.25. The van der Waals surface area contributed by atoms with Gasteiger partial charge in [0.2, 0.25) is 0 Å². The van der Waals surface area contributed by atoms with Crippen molar-refractivity contribution in [1.82, 2.24) is 15.3 Å². The molecule has 0 saturated carbocycles. The quantitative estimate of drug-likeness (QED) is 0.916. The molecule has 1 N–H and O–H groups in total. The Balaban J connectivity index is 2.36. The Labute approximate surface area is 126 Å². The zero-order valence-corrected chi connectivity index (χ0v) is 13.3. The van der Waals surface area contributed by atoms with Crippen LogP contribution in [0.5, 0.6) is 5.75 Å². The van der Waals surface area contributed by atoms with Gasteiger partial charge in [-0.3, -0.25) is 9.97 Å². The van der Waals surface area contributed by atoms with Crippen molar-refractivity contribution in [1.29, 1.82) is 0 Å². The Hall–Kier alpha value is -1.94. The van der Waals surface area contributed by atoms with Gasteiger partial charge in [0.1, 0.15) is 5.75 Å². The van der Waals surface area contributed by atoms with Crippen molar-refractivity contribution in [3.8, 4) is 5.75 Å². The lowest BCUT2D eigenvalue weighted by Crippen LogP contribution is -2.18. The summed E-state index contributed by atoms with van der Waals surface area (Å²) in [6, 6.07) is 6.32. The molecule has 0 fully saturated rings. The molecule has 0 aromatic carbocycles. The summed E-state index contributed by atoms with van der Waals surface area (Å²) in [5.74, 6) is 0.797. The summed E-state index contributed by atoms with van der Waals surface area (Å²) < 4.78 is 5.73. The van der Waals surface area contributed by atoms with Crippen LogP contribution >= 0.6 is 0 Å². The Kier molecular flexibility index (Phi) is 4.91. The Morgan fingerprint density at radius 1 is 1.00 bits per heavy atom. The van der Waals surface area contributed by atoms with Crippen molar-refractivity contribution < 1.29 is 4.74 Å². The molecule has 21 heavy (non-hydrogen) atoms. The van der Waals surface area contributed by atoms with Gasteiger partial charge in [-0.2, -0.15) is 0 Å². The maximum atomic E-state index is 5.73. The third-order valence-corrected chi connectivity index (χ3v) is 3.17. The molecule has 112 valence electrons. The van der Waals surface area contributed by atoms with Gasteiger partial charge in [-0.1, -0.05) is 0 Å². The molecular weight excluding hydrogens is 262 g/mol. The molecule has 0 radical (unpaired) electrons. The molecular formula is C17H23N3O. The summed E-state index contributed by atoms with van der Waals surface area (Å²) in [6.07, 6.45) is 3.76. The number of nitrogens with one attached hydrogen (secondary N) is 1. The second-order valence-corrected chi connectivity index (χ2v) is 5.53. The van der Waals surface area contributed by atoms with Crippen LogP contribution in [0.15, 0.2) is 30.6 Å². The molecule has 2 rings (SSSR count). The Morgan fingerprint density at radius 3 is 2.24 bits per heavy atom. The highest BCUT2D eigenvalue weighted by atomic mass is 16.5. The van der Waals surface area contributed by atoms with E-state index >= 15 is 0 Å². The van der Waals surface area contributed by atoms with Crippen molar-refractivity contribution in [3.63, 3.8) is 0 Å². The normalized spacial score (nSPS) is 12.5. The van der Waals surface area contributed by atoms with E-state index in [9.17, 15) is 0 Å². The number of aryl methyl sites for hydroxylation is 2. The van der Waals surface area contributed by atoms with Crippen molar-refractivity contribution >= 4 is 0 Å². The van der Waals surface area contributed by atoms with Crippen LogP contribution in [0.3, 0.4) is 0 Å². The highest BCUT2D eigenvalue weighted by molar-refractivity contribution is 5.35. The van der Waals surface area contributed by atoms with E-state index in [1.165, 1.54) is 5.56 Å². The molecule has 0 aliphatic heterocycles. The van der Waals surface area contributed by atoms with Crippen LogP contribution in [0.1, 0.15) is 42.4 Å². The molecule has 2 heterocycles. The van der Waals surface area contributed by atoms with Crippen LogP contribution in [-0.4, -0.2) is 23.1 Å². The average molecular weight is 285 g/mol. The van der Waals surface area contributed by atoms with Crippen LogP contribution in [0.2, 0.25) is 0 Å². The molecule has 0 aliphatic rings. The van der Waals surface area contributed by atoms with E-state index in [2.05, 4.69) is 27.4 Å². The van der Waals surface area contributed by atoms with Crippen molar-refractivity contribution in [2.24, 2.45) is 0 Å². The number of hydrogen-bond donors (Lipinski definition) is 1. The first-order valence-corrected chi connectivity index (χ1v) is 7.23. The summed E-state index contributed by atoms with van der Waals surface area (Å²) in [4.78, 5) is 8.73. The molecule has 0 spiro atoms. The first-order chi connectivity index (χ1) is 9.99. The lowest BCUT2D eigenvalue weighted by Gasteiger charge is -2.19. The highest BCUT2D eigenvalue weighted by Gasteiger charge is 2.14. The van der Waals surface area contributed by atoms with Crippen LogP contribution < -0.4 is 10.1 Å². The fraction of sp³-hybridized carbons (Fsp3) is 0.412. The predicted molar refractivity (Wildman–Crippen MR) is 84.6 cm³/mol. The van der Waals surface area contributed by atoms with Crippen molar-refractivity contribution in [3.05, 3.63) is 53.1 Å². The summed E-state index contributed by atoms with van der Waals surface area (Å²) in [5.41, 5.74) is 4.31.